The largest absolute Gasteiger partial charge is 0.573 e. The fraction of sp³-hybridized carbons (Fsp3) is 0.700. The number of halogens is 3. The van der Waals surface area contributed by atoms with E-state index in [0.717, 1.165) is 44.5 Å². The Morgan fingerprint density at radius 2 is 1.69 bits per heavy atom. The van der Waals surface area contributed by atoms with Gasteiger partial charge in [0.25, 0.3) is 0 Å². The molecular weight excluding hydrogens is 401 g/mol. The Labute approximate surface area is 173 Å². The van der Waals surface area contributed by atoms with Gasteiger partial charge in [0.15, 0.2) is 9.76 Å². The molecule has 0 aromatic heterocycles. The van der Waals surface area contributed by atoms with Crippen molar-refractivity contribution < 1.29 is 27.4 Å². The molecule has 0 spiro atoms. The van der Waals surface area contributed by atoms with Crippen LogP contribution in [0.2, 0.25) is 6.04 Å². The summed E-state index contributed by atoms with van der Waals surface area (Å²) in [5.41, 5.74) is 1.18. The number of ether oxygens (including phenoxy) is 1. The highest BCUT2D eigenvalue weighted by Crippen LogP contribution is 2.26. The summed E-state index contributed by atoms with van der Waals surface area (Å²) in [7, 11) is -0.559. The second kappa shape index (κ2) is 10.7. The molecule has 0 bridgehead atoms. The number of aliphatic hydroxyl groups is 1. The van der Waals surface area contributed by atoms with Gasteiger partial charge in [0.1, 0.15) is 5.75 Å². The summed E-state index contributed by atoms with van der Waals surface area (Å²) >= 11 is 0. The predicted octanol–water partition coefficient (Wildman–Crippen LogP) is 2.88. The summed E-state index contributed by atoms with van der Waals surface area (Å²) < 4.78 is 46.6. The highest BCUT2D eigenvalue weighted by atomic mass is 28.2. The van der Waals surface area contributed by atoms with E-state index < -0.39 is 16.1 Å². The molecule has 9 heteroatoms. The van der Waals surface area contributed by atoms with Gasteiger partial charge in [-0.05, 0) is 35.7 Å². The smallest absolute Gasteiger partial charge is 0.424 e. The molecule has 1 unspecified atom stereocenters. The van der Waals surface area contributed by atoms with Gasteiger partial charge < -0.3 is 19.2 Å². The predicted molar refractivity (Wildman–Crippen MR) is 111 cm³/mol. The Bertz CT molecular complexity index is 600. The van der Waals surface area contributed by atoms with Crippen LogP contribution in [0.5, 0.6) is 5.75 Å². The van der Waals surface area contributed by atoms with E-state index in [1.807, 2.05) is 0 Å². The summed E-state index contributed by atoms with van der Waals surface area (Å²) in [5, 5.41) is 9.66. The topological polar surface area (TPSA) is 45.2 Å². The Hall–Kier alpha value is -1.29. The summed E-state index contributed by atoms with van der Waals surface area (Å²) in [6, 6.07) is 7.12. The summed E-state index contributed by atoms with van der Waals surface area (Å²) in [6.45, 7) is 11.4. The maximum atomic E-state index is 12.3. The number of nitrogens with zero attached hydrogens (tertiary/aromatic N) is 2. The number of anilines is 1. The van der Waals surface area contributed by atoms with Crippen molar-refractivity contribution in [3.8, 4) is 5.75 Å². The first kappa shape index (κ1) is 24.0. The zero-order valence-electron chi connectivity index (χ0n) is 17.5. The van der Waals surface area contributed by atoms with Crippen LogP contribution < -0.4 is 9.64 Å². The van der Waals surface area contributed by atoms with Gasteiger partial charge in [-0.3, -0.25) is 4.90 Å². The highest BCUT2D eigenvalue weighted by Gasteiger charge is 2.31. The number of hydrogen-bond donors (Lipinski definition) is 1. The van der Waals surface area contributed by atoms with E-state index in [0.29, 0.717) is 12.0 Å². The first-order chi connectivity index (χ1) is 13.6. The molecule has 5 nitrogen and oxygen atoms in total. The van der Waals surface area contributed by atoms with E-state index in [-0.39, 0.29) is 18.3 Å². The molecule has 0 amide bonds. The van der Waals surface area contributed by atoms with Crippen LogP contribution in [-0.4, -0.2) is 72.1 Å². The minimum Gasteiger partial charge on any atom is -0.424 e. The van der Waals surface area contributed by atoms with Gasteiger partial charge in [-0.25, -0.2) is 0 Å². The molecule has 2 rings (SSSR count). The van der Waals surface area contributed by atoms with Crippen molar-refractivity contribution >= 4 is 15.5 Å². The van der Waals surface area contributed by atoms with Gasteiger partial charge in [0.2, 0.25) is 0 Å². The lowest BCUT2D eigenvalue weighted by molar-refractivity contribution is -0.274. The maximum absolute atomic E-state index is 12.3. The number of piperazine rings is 1. The van der Waals surface area contributed by atoms with Crippen LogP contribution in [-0.2, 0) is 4.43 Å². The Kier molecular flexibility index (Phi) is 8.81. The number of aliphatic hydroxyl groups excluding tert-OH is 1. The Morgan fingerprint density at radius 3 is 2.21 bits per heavy atom. The minimum atomic E-state index is -4.67. The first-order valence-electron chi connectivity index (χ1n) is 10.1. The average molecular weight is 435 g/mol. The first-order valence-corrected chi connectivity index (χ1v) is 11.7. The third kappa shape index (κ3) is 9.37. The number of rotatable bonds is 9. The van der Waals surface area contributed by atoms with Crippen LogP contribution >= 0.6 is 0 Å². The molecule has 166 valence electrons. The molecule has 1 N–H and O–H groups in total. The van der Waals surface area contributed by atoms with E-state index in [1.165, 1.54) is 12.1 Å². The zero-order chi connectivity index (χ0) is 21.5. The SMILES string of the molecule is CC(C)(C)C[SiH2]OCC(CO)CN1CCN(c2ccc(OC(F)(F)F)cc2)CC1. The van der Waals surface area contributed by atoms with Gasteiger partial charge >= 0.3 is 6.36 Å². The standard InChI is InChI=1S/C20H33F3N2O3Si/c1-19(2,3)15-29-27-14-16(13-26)12-24-8-10-25(11-9-24)17-4-6-18(7-5-17)28-20(21,22)23/h4-7,16,26H,8-15,29H2,1-3H3. The van der Waals surface area contributed by atoms with Gasteiger partial charge in [0, 0.05) is 57.5 Å². The molecule has 1 atom stereocenters. The molecule has 0 saturated carbocycles. The quantitative estimate of drug-likeness (QED) is 0.478. The van der Waals surface area contributed by atoms with Crippen molar-refractivity contribution in [3.05, 3.63) is 24.3 Å². The minimum absolute atomic E-state index is 0.116. The molecule has 0 aliphatic carbocycles. The summed E-state index contributed by atoms with van der Waals surface area (Å²) in [4.78, 5) is 4.46. The van der Waals surface area contributed by atoms with Gasteiger partial charge in [-0.1, -0.05) is 20.8 Å². The van der Waals surface area contributed by atoms with E-state index in [4.69, 9.17) is 4.43 Å². The lowest BCUT2D eigenvalue weighted by Gasteiger charge is -2.37. The van der Waals surface area contributed by atoms with Crippen molar-refractivity contribution in [1.29, 1.82) is 0 Å². The van der Waals surface area contributed by atoms with Crippen molar-refractivity contribution in [2.75, 3.05) is 50.8 Å². The van der Waals surface area contributed by atoms with Crippen LogP contribution in [0, 0.1) is 11.3 Å². The van der Waals surface area contributed by atoms with E-state index >= 15 is 0 Å². The molecular formula is C20H33F3N2O3Si. The fourth-order valence-electron chi connectivity index (χ4n) is 3.20. The van der Waals surface area contributed by atoms with E-state index in [1.54, 1.807) is 12.1 Å². The average Bonchev–Trinajstić information content (AvgIpc) is 2.63. The zero-order valence-corrected chi connectivity index (χ0v) is 19.0. The number of benzene rings is 1. The van der Waals surface area contributed by atoms with Crippen LogP contribution in [0.3, 0.4) is 0 Å². The summed E-state index contributed by atoms with van der Waals surface area (Å²) in [6.07, 6.45) is -4.67. The molecule has 1 aliphatic rings. The molecule has 1 fully saturated rings. The fourth-order valence-corrected chi connectivity index (χ4v) is 4.46. The molecule has 1 aromatic rings. The van der Waals surface area contributed by atoms with Crippen molar-refractivity contribution in [2.45, 2.75) is 33.2 Å². The molecule has 1 aliphatic heterocycles. The second-order valence-electron chi connectivity index (χ2n) is 8.76. The highest BCUT2D eigenvalue weighted by molar-refractivity contribution is 6.27. The molecule has 1 aromatic carbocycles. The normalized spacial score (nSPS) is 17.8. The third-order valence-electron chi connectivity index (χ3n) is 4.93. The Morgan fingerprint density at radius 1 is 1.07 bits per heavy atom. The molecule has 0 radical (unpaired) electrons. The van der Waals surface area contributed by atoms with Gasteiger partial charge in [0.05, 0.1) is 0 Å². The molecule has 29 heavy (non-hydrogen) atoms. The molecule has 1 saturated heterocycles. The van der Waals surface area contributed by atoms with Crippen LogP contribution in [0.25, 0.3) is 0 Å². The van der Waals surface area contributed by atoms with Crippen LogP contribution in [0.4, 0.5) is 18.9 Å². The van der Waals surface area contributed by atoms with Crippen molar-refractivity contribution in [2.24, 2.45) is 11.3 Å². The van der Waals surface area contributed by atoms with Gasteiger partial charge in [-0.2, -0.15) is 0 Å². The number of alkyl halides is 3. The monoisotopic (exact) mass is 434 g/mol. The van der Waals surface area contributed by atoms with Crippen LogP contribution in [0.1, 0.15) is 20.8 Å². The van der Waals surface area contributed by atoms with Crippen molar-refractivity contribution in [3.63, 3.8) is 0 Å². The van der Waals surface area contributed by atoms with E-state index in [9.17, 15) is 18.3 Å². The Balaban J connectivity index is 1.73. The van der Waals surface area contributed by atoms with Crippen molar-refractivity contribution in [1.82, 2.24) is 4.90 Å². The summed E-state index contributed by atoms with van der Waals surface area (Å²) in [5.74, 6) is -0.0893. The second-order valence-corrected chi connectivity index (χ2v) is 10.1. The lowest BCUT2D eigenvalue weighted by atomic mass is 10.0. The van der Waals surface area contributed by atoms with Gasteiger partial charge in [-0.15, -0.1) is 13.2 Å². The third-order valence-corrected chi connectivity index (χ3v) is 7.16. The maximum Gasteiger partial charge on any atom is 0.573 e. The van der Waals surface area contributed by atoms with E-state index in [2.05, 4.69) is 35.3 Å². The number of hydrogen-bond acceptors (Lipinski definition) is 5. The molecule has 1 heterocycles. The lowest BCUT2D eigenvalue weighted by Crippen LogP contribution is -2.48. The van der Waals surface area contributed by atoms with Crippen LogP contribution in [0.15, 0.2) is 24.3 Å².